The number of nitrogens with one attached hydrogen (secondary N) is 2. The van der Waals surface area contributed by atoms with E-state index in [0.29, 0.717) is 22.5 Å². The number of anilines is 2. The van der Waals surface area contributed by atoms with Gasteiger partial charge in [0, 0.05) is 20.5 Å². The lowest BCUT2D eigenvalue weighted by atomic mass is 10.2. The Labute approximate surface area is 163 Å². The topological polar surface area (TPSA) is 58.2 Å². The summed E-state index contributed by atoms with van der Waals surface area (Å²) < 4.78 is 13.8. The van der Waals surface area contributed by atoms with Gasteiger partial charge in [0.25, 0.3) is 11.8 Å². The maximum atomic E-state index is 12.9. The summed E-state index contributed by atoms with van der Waals surface area (Å²) in [6, 6.07) is 19.4. The number of amides is 2. The fraction of sp³-hybridized carbons (Fsp3) is 0. The van der Waals surface area contributed by atoms with Crippen molar-refractivity contribution >= 4 is 45.8 Å². The first-order valence-electron chi connectivity index (χ1n) is 7.76. The lowest BCUT2D eigenvalue weighted by Crippen LogP contribution is -2.14. The molecule has 0 atom stereocenters. The predicted octanol–water partition coefficient (Wildman–Crippen LogP) is 4.93. The Balaban J connectivity index is 1.72. The average molecular weight is 460 g/mol. The van der Waals surface area contributed by atoms with Gasteiger partial charge in [-0.25, -0.2) is 4.39 Å². The molecule has 0 aromatic heterocycles. The number of carbonyl (C=O) groups is 2. The Bertz CT molecular complexity index is 958. The molecule has 3 rings (SSSR count). The van der Waals surface area contributed by atoms with Gasteiger partial charge in [0.2, 0.25) is 0 Å². The zero-order valence-electron chi connectivity index (χ0n) is 13.5. The highest BCUT2D eigenvalue weighted by molar-refractivity contribution is 14.1. The van der Waals surface area contributed by atoms with Gasteiger partial charge in [-0.3, -0.25) is 9.59 Å². The highest BCUT2D eigenvalue weighted by atomic mass is 127. The van der Waals surface area contributed by atoms with E-state index in [9.17, 15) is 14.0 Å². The van der Waals surface area contributed by atoms with E-state index in [1.54, 1.807) is 36.4 Å². The average Bonchev–Trinajstić information content (AvgIpc) is 2.63. The lowest BCUT2D eigenvalue weighted by Gasteiger charge is -2.10. The molecule has 4 nitrogen and oxygen atoms in total. The molecule has 2 amide bonds. The third kappa shape index (κ3) is 4.45. The molecule has 0 radical (unpaired) electrons. The Morgan fingerprint density at radius 1 is 0.769 bits per heavy atom. The van der Waals surface area contributed by atoms with E-state index in [0.717, 1.165) is 3.57 Å². The standard InChI is InChI=1S/C20H14FIN2O2/c21-14-10-8-13(9-11-14)19(25)23-15-4-3-5-16(12-15)24-20(26)17-6-1-2-7-18(17)22/h1-12H,(H,23,25)(H,24,26). The highest BCUT2D eigenvalue weighted by Gasteiger charge is 2.11. The van der Waals surface area contributed by atoms with Crippen LogP contribution in [0.5, 0.6) is 0 Å². The summed E-state index contributed by atoms with van der Waals surface area (Å²) in [7, 11) is 0. The summed E-state index contributed by atoms with van der Waals surface area (Å²) >= 11 is 2.11. The zero-order valence-corrected chi connectivity index (χ0v) is 15.7. The van der Waals surface area contributed by atoms with Crippen LogP contribution >= 0.6 is 22.6 Å². The molecular formula is C20H14FIN2O2. The Kier molecular flexibility index (Phi) is 5.62. The summed E-state index contributed by atoms with van der Waals surface area (Å²) in [5, 5.41) is 5.54. The number of carbonyl (C=O) groups excluding carboxylic acids is 2. The van der Waals surface area contributed by atoms with Crippen LogP contribution in [0.25, 0.3) is 0 Å². The number of rotatable bonds is 4. The highest BCUT2D eigenvalue weighted by Crippen LogP contribution is 2.19. The van der Waals surface area contributed by atoms with Crippen molar-refractivity contribution in [3.63, 3.8) is 0 Å². The molecule has 2 N–H and O–H groups in total. The van der Waals surface area contributed by atoms with Crippen LogP contribution in [0.3, 0.4) is 0 Å². The minimum Gasteiger partial charge on any atom is -0.322 e. The van der Waals surface area contributed by atoms with Crippen LogP contribution in [0.4, 0.5) is 15.8 Å². The molecule has 0 saturated heterocycles. The molecule has 3 aromatic rings. The van der Waals surface area contributed by atoms with Gasteiger partial charge < -0.3 is 10.6 Å². The first-order valence-corrected chi connectivity index (χ1v) is 8.84. The first kappa shape index (κ1) is 18.1. The van der Waals surface area contributed by atoms with Gasteiger partial charge in [0.1, 0.15) is 5.82 Å². The second-order valence-corrected chi connectivity index (χ2v) is 6.64. The molecule has 3 aromatic carbocycles. The molecule has 0 fully saturated rings. The monoisotopic (exact) mass is 460 g/mol. The van der Waals surface area contributed by atoms with Gasteiger partial charge in [0.05, 0.1) is 5.56 Å². The fourth-order valence-corrected chi connectivity index (χ4v) is 2.96. The van der Waals surface area contributed by atoms with Crippen LogP contribution in [-0.2, 0) is 0 Å². The molecule has 0 spiro atoms. The third-order valence-electron chi connectivity index (χ3n) is 3.60. The van der Waals surface area contributed by atoms with Crippen LogP contribution in [0.2, 0.25) is 0 Å². The number of hydrogen-bond donors (Lipinski definition) is 2. The number of benzene rings is 3. The van der Waals surface area contributed by atoms with Crippen molar-refractivity contribution in [2.45, 2.75) is 0 Å². The lowest BCUT2D eigenvalue weighted by molar-refractivity contribution is 0.101. The maximum Gasteiger partial charge on any atom is 0.256 e. The van der Waals surface area contributed by atoms with Crippen molar-refractivity contribution in [1.82, 2.24) is 0 Å². The minimum atomic E-state index is -0.401. The third-order valence-corrected chi connectivity index (χ3v) is 4.54. The molecular weight excluding hydrogens is 446 g/mol. The largest absolute Gasteiger partial charge is 0.322 e. The van der Waals surface area contributed by atoms with Gasteiger partial charge in [-0.1, -0.05) is 18.2 Å². The molecule has 0 bridgehead atoms. The quantitative estimate of drug-likeness (QED) is 0.543. The Hall–Kier alpha value is -2.74. The van der Waals surface area contributed by atoms with Gasteiger partial charge in [-0.05, 0) is 77.2 Å². The summed E-state index contributed by atoms with van der Waals surface area (Å²) in [6.45, 7) is 0. The van der Waals surface area contributed by atoms with Crippen molar-refractivity contribution in [3.8, 4) is 0 Å². The smallest absolute Gasteiger partial charge is 0.256 e. The van der Waals surface area contributed by atoms with Crippen LogP contribution in [0, 0.1) is 9.39 Å². The summed E-state index contributed by atoms with van der Waals surface area (Å²) in [6.07, 6.45) is 0. The molecule has 26 heavy (non-hydrogen) atoms. The van der Waals surface area contributed by atoms with Gasteiger partial charge in [-0.2, -0.15) is 0 Å². The van der Waals surface area contributed by atoms with E-state index < -0.39 is 5.82 Å². The van der Waals surface area contributed by atoms with Crippen LogP contribution in [-0.4, -0.2) is 11.8 Å². The van der Waals surface area contributed by atoms with E-state index in [1.165, 1.54) is 24.3 Å². The minimum absolute atomic E-state index is 0.225. The van der Waals surface area contributed by atoms with Crippen molar-refractivity contribution in [2.75, 3.05) is 10.6 Å². The van der Waals surface area contributed by atoms with E-state index >= 15 is 0 Å². The molecule has 6 heteroatoms. The molecule has 0 aliphatic carbocycles. The number of halogens is 2. The molecule has 0 unspecified atom stereocenters. The van der Waals surface area contributed by atoms with Crippen molar-refractivity contribution < 1.29 is 14.0 Å². The van der Waals surface area contributed by atoms with Gasteiger partial charge in [-0.15, -0.1) is 0 Å². The molecule has 0 saturated carbocycles. The maximum absolute atomic E-state index is 12.9. The second-order valence-electron chi connectivity index (χ2n) is 5.48. The van der Waals surface area contributed by atoms with E-state index in [-0.39, 0.29) is 11.8 Å². The van der Waals surface area contributed by atoms with E-state index in [1.807, 2.05) is 12.1 Å². The summed E-state index contributed by atoms with van der Waals surface area (Å²) in [5.41, 5.74) is 2.01. The zero-order chi connectivity index (χ0) is 18.5. The Morgan fingerprint density at radius 3 is 2.04 bits per heavy atom. The fourth-order valence-electron chi connectivity index (χ4n) is 2.32. The van der Waals surface area contributed by atoms with E-state index in [2.05, 4.69) is 33.2 Å². The molecule has 130 valence electrons. The number of hydrogen-bond acceptors (Lipinski definition) is 2. The summed E-state index contributed by atoms with van der Waals surface area (Å²) in [5.74, 6) is -0.982. The second kappa shape index (κ2) is 8.09. The van der Waals surface area contributed by atoms with E-state index in [4.69, 9.17) is 0 Å². The molecule has 0 aliphatic rings. The Morgan fingerprint density at radius 2 is 1.38 bits per heavy atom. The summed E-state index contributed by atoms with van der Waals surface area (Å²) in [4.78, 5) is 24.6. The SMILES string of the molecule is O=C(Nc1cccc(NC(=O)c2ccccc2I)c1)c1ccc(F)cc1. The van der Waals surface area contributed by atoms with Crippen LogP contribution in [0.1, 0.15) is 20.7 Å². The van der Waals surface area contributed by atoms with Crippen molar-refractivity contribution in [1.29, 1.82) is 0 Å². The predicted molar refractivity (Wildman–Crippen MR) is 108 cm³/mol. The van der Waals surface area contributed by atoms with Gasteiger partial charge in [0.15, 0.2) is 0 Å². The molecule has 0 aliphatic heterocycles. The molecule has 0 heterocycles. The van der Waals surface area contributed by atoms with Crippen LogP contribution in [0.15, 0.2) is 72.8 Å². The van der Waals surface area contributed by atoms with Gasteiger partial charge >= 0.3 is 0 Å². The normalized spacial score (nSPS) is 10.2. The first-order chi connectivity index (χ1) is 12.5. The van der Waals surface area contributed by atoms with Crippen LogP contribution < -0.4 is 10.6 Å². The van der Waals surface area contributed by atoms with Crippen molar-refractivity contribution in [2.24, 2.45) is 0 Å². The van der Waals surface area contributed by atoms with Crippen molar-refractivity contribution in [3.05, 3.63) is 93.3 Å².